The normalized spacial score (nSPS) is 9.57. The van der Waals surface area contributed by atoms with Crippen molar-refractivity contribution in [2.75, 3.05) is 0 Å². The van der Waals surface area contributed by atoms with E-state index in [1.807, 2.05) is 6.92 Å². The zero-order valence-corrected chi connectivity index (χ0v) is 8.59. The Hall–Kier alpha value is -1.69. The predicted molar refractivity (Wildman–Crippen MR) is 53.1 cm³/mol. The van der Waals surface area contributed by atoms with E-state index >= 15 is 0 Å². The molecule has 0 aliphatic heterocycles. The van der Waals surface area contributed by atoms with Gasteiger partial charge in [-0.15, -0.1) is 0 Å². The first-order valence-corrected chi connectivity index (χ1v) is 4.51. The highest BCUT2D eigenvalue weighted by Gasteiger charge is 2.10. The summed E-state index contributed by atoms with van der Waals surface area (Å²) in [5.74, 6) is -0.0471. The van der Waals surface area contributed by atoms with Crippen LogP contribution in [0, 0.1) is 18.3 Å². The second-order valence-corrected chi connectivity index (χ2v) is 3.14. The van der Waals surface area contributed by atoms with Gasteiger partial charge in [-0.25, -0.2) is 0 Å². The highest BCUT2D eigenvalue weighted by atomic mass is 16.1. The molecule has 0 amide bonds. The van der Waals surface area contributed by atoms with Gasteiger partial charge in [0.15, 0.2) is 5.78 Å². The average Bonchev–Trinajstić information content (AvgIpc) is 2.16. The summed E-state index contributed by atoms with van der Waals surface area (Å²) in [7, 11) is 0. The Morgan fingerprint density at radius 3 is 2.71 bits per heavy atom. The number of Topliss-reactive ketones (excluding diaryl/α,β-unsaturated/α-hetero) is 1. The van der Waals surface area contributed by atoms with Gasteiger partial charge in [-0.05, 0) is 26.3 Å². The van der Waals surface area contributed by atoms with E-state index in [1.165, 1.54) is 6.92 Å². The van der Waals surface area contributed by atoms with Crippen molar-refractivity contribution in [3.8, 4) is 6.07 Å². The van der Waals surface area contributed by atoms with Crippen LogP contribution in [0.3, 0.4) is 0 Å². The molecule has 0 radical (unpaired) electrons. The Morgan fingerprint density at radius 1 is 1.64 bits per heavy atom. The average molecular weight is 188 g/mol. The van der Waals surface area contributed by atoms with Crippen molar-refractivity contribution >= 4 is 5.78 Å². The summed E-state index contributed by atoms with van der Waals surface area (Å²) in [5.41, 5.74) is 2.51. The number of rotatable bonds is 2. The zero-order valence-electron chi connectivity index (χ0n) is 8.59. The van der Waals surface area contributed by atoms with Crippen LogP contribution in [-0.2, 0) is 6.42 Å². The van der Waals surface area contributed by atoms with E-state index in [-0.39, 0.29) is 5.78 Å². The van der Waals surface area contributed by atoms with E-state index in [4.69, 9.17) is 5.26 Å². The molecule has 0 spiro atoms. The van der Waals surface area contributed by atoms with Crippen LogP contribution in [-0.4, -0.2) is 10.8 Å². The molecule has 3 nitrogen and oxygen atoms in total. The topological polar surface area (TPSA) is 53.8 Å². The molecule has 0 aliphatic carbocycles. The van der Waals surface area contributed by atoms with Gasteiger partial charge in [0.05, 0.1) is 11.3 Å². The Labute approximate surface area is 83.4 Å². The maximum Gasteiger partial charge on any atom is 0.161 e. The third-order valence-corrected chi connectivity index (χ3v) is 2.13. The summed E-state index contributed by atoms with van der Waals surface area (Å²) in [6, 6.07) is 3.68. The molecule has 0 unspecified atom stereocenters. The van der Waals surface area contributed by atoms with E-state index in [0.717, 1.165) is 5.69 Å². The maximum atomic E-state index is 11.2. The first-order chi connectivity index (χ1) is 6.60. The van der Waals surface area contributed by atoms with E-state index in [9.17, 15) is 4.79 Å². The van der Waals surface area contributed by atoms with Crippen molar-refractivity contribution in [2.45, 2.75) is 27.2 Å². The number of pyridine rings is 1. The summed E-state index contributed by atoms with van der Waals surface area (Å²) in [6.07, 6.45) is 0.710. The zero-order chi connectivity index (χ0) is 10.7. The van der Waals surface area contributed by atoms with Crippen molar-refractivity contribution in [3.05, 3.63) is 28.6 Å². The van der Waals surface area contributed by atoms with Gasteiger partial charge in [0, 0.05) is 11.3 Å². The molecule has 72 valence electrons. The number of aryl methyl sites for hydroxylation is 2. The number of carbonyl (C=O) groups excluding carboxylic acids is 1. The van der Waals surface area contributed by atoms with Crippen molar-refractivity contribution in [2.24, 2.45) is 0 Å². The maximum absolute atomic E-state index is 11.2. The van der Waals surface area contributed by atoms with Gasteiger partial charge in [-0.3, -0.25) is 9.78 Å². The molecule has 1 rings (SSSR count). The highest BCUT2D eigenvalue weighted by Crippen LogP contribution is 2.13. The minimum atomic E-state index is -0.0471. The monoisotopic (exact) mass is 188 g/mol. The molecule has 0 saturated heterocycles. The molecule has 0 atom stereocenters. The largest absolute Gasteiger partial charge is 0.294 e. The number of nitrogens with zero attached hydrogens (tertiary/aromatic N) is 2. The van der Waals surface area contributed by atoms with Gasteiger partial charge >= 0.3 is 0 Å². The first-order valence-electron chi connectivity index (χ1n) is 4.51. The van der Waals surface area contributed by atoms with Gasteiger partial charge in [0.1, 0.15) is 6.07 Å². The Bertz CT molecular complexity index is 416. The lowest BCUT2D eigenvalue weighted by Crippen LogP contribution is -2.04. The van der Waals surface area contributed by atoms with Crippen LogP contribution in [0.25, 0.3) is 0 Å². The van der Waals surface area contributed by atoms with Crippen LogP contribution < -0.4 is 0 Å². The summed E-state index contributed by atoms with van der Waals surface area (Å²) in [4.78, 5) is 15.4. The molecule has 3 heteroatoms. The number of hydrogen-bond acceptors (Lipinski definition) is 3. The second-order valence-electron chi connectivity index (χ2n) is 3.14. The molecule has 0 saturated carbocycles. The van der Waals surface area contributed by atoms with Crippen molar-refractivity contribution in [1.82, 2.24) is 4.98 Å². The molecule has 1 heterocycles. The minimum absolute atomic E-state index is 0.0471. The number of aromatic nitrogens is 1. The molecule has 1 aromatic heterocycles. The molecule has 0 aliphatic rings. The second kappa shape index (κ2) is 4.01. The number of nitriles is 1. The van der Waals surface area contributed by atoms with Crippen LogP contribution in [0.5, 0.6) is 0 Å². The standard InChI is InChI=1S/C11H12N2O/c1-4-11-9(6-12)5-10(8(3)14)7(2)13-11/h5H,4H2,1-3H3. The van der Waals surface area contributed by atoms with E-state index in [1.54, 1.807) is 13.0 Å². The molecule has 0 fully saturated rings. The lowest BCUT2D eigenvalue weighted by atomic mass is 10.0. The molecular weight excluding hydrogens is 176 g/mol. The third kappa shape index (κ3) is 1.80. The smallest absolute Gasteiger partial charge is 0.161 e. The predicted octanol–water partition coefficient (Wildman–Crippen LogP) is 2.03. The summed E-state index contributed by atoms with van der Waals surface area (Å²) in [6.45, 7) is 5.21. The van der Waals surface area contributed by atoms with Crippen molar-refractivity contribution in [3.63, 3.8) is 0 Å². The summed E-state index contributed by atoms with van der Waals surface area (Å²) in [5, 5.41) is 8.85. The number of carbonyl (C=O) groups is 1. The molecule has 0 aromatic carbocycles. The van der Waals surface area contributed by atoms with Crippen LogP contribution >= 0.6 is 0 Å². The lowest BCUT2D eigenvalue weighted by molar-refractivity contribution is 0.101. The Morgan fingerprint density at radius 2 is 2.29 bits per heavy atom. The Balaban J connectivity index is 3.40. The van der Waals surface area contributed by atoms with Crippen molar-refractivity contribution in [1.29, 1.82) is 5.26 Å². The SMILES string of the molecule is CCc1nc(C)c(C(C)=O)cc1C#N. The third-order valence-electron chi connectivity index (χ3n) is 2.13. The van der Waals surface area contributed by atoms with Gasteiger partial charge < -0.3 is 0 Å². The fourth-order valence-corrected chi connectivity index (χ4v) is 1.38. The fraction of sp³-hybridized carbons (Fsp3) is 0.364. The molecule has 0 N–H and O–H groups in total. The molecule has 1 aromatic rings. The minimum Gasteiger partial charge on any atom is -0.294 e. The van der Waals surface area contributed by atoms with Gasteiger partial charge in [0.25, 0.3) is 0 Å². The number of hydrogen-bond donors (Lipinski definition) is 0. The van der Waals surface area contributed by atoms with E-state index < -0.39 is 0 Å². The van der Waals surface area contributed by atoms with Crippen LogP contribution in [0.15, 0.2) is 6.07 Å². The van der Waals surface area contributed by atoms with Crippen LogP contribution in [0.1, 0.15) is 41.2 Å². The lowest BCUT2D eigenvalue weighted by Gasteiger charge is -2.05. The van der Waals surface area contributed by atoms with E-state index in [2.05, 4.69) is 11.1 Å². The van der Waals surface area contributed by atoms with Crippen molar-refractivity contribution < 1.29 is 4.79 Å². The number of ketones is 1. The molecule has 14 heavy (non-hydrogen) atoms. The van der Waals surface area contributed by atoms with Gasteiger partial charge in [-0.1, -0.05) is 6.92 Å². The molecule has 0 bridgehead atoms. The first kappa shape index (κ1) is 10.4. The Kier molecular flexibility index (Phi) is 2.98. The summed E-state index contributed by atoms with van der Waals surface area (Å²) >= 11 is 0. The quantitative estimate of drug-likeness (QED) is 0.667. The van der Waals surface area contributed by atoms with Gasteiger partial charge in [0.2, 0.25) is 0 Å². The molecular formula is C11H12N2O. The van der Waals surface area contributed by atoms with E-state index in [0.29, 0.717) is 23.2 Å². The summed E-state index contributed by atoms with van der Waals surface area (Å²) < 4.78 is 0. The fourth-order valence-electron chi connectivity index (χ4n) is 1.38. The van der Waals surface area contributed by atoms with Crippen LogP contribution in [0.2, 0.25) is 0 Å². The highest BCUT2D eigenvalue weighted by molar-refractivity contribution is 5.95. The van der Waals surface area contributed by atoms with Crippen LogP contribution in [0.4, 0.5) is 0 Å². The van der Waals surface area contributed by atoms with Gasteiger partial charge in [-0.2, -0.15) is 5.26 Å².